The molecule has 2 N–H and O–H groups in total. The van der Waals surface area contributed by atoms with Gasteiger partial charge in [-0.15, -0.1) is 0 Å². The van der Waals surface area contributed by atoms with Crippen LogP contribution >= 0.6 is 0 Å². The summed E-state index contributed by atoms with van der Waals surface area (Å²) in [6.07, 6.45) is 2.59. The third-order valence-electron chi connectivity index (χ3n) is 3.04. The van der Waals surface area contributed by atoms with Crippen LogP contribution in [0.5, 0.6) is 5.75 Å². The number of hydrogen-bond donors (Lipinski definition) is 2. The molecule has 0 fully saturated rings. The molecule has 0 radical (unpaired) electrons. The number of methoxy groups -OCH3 is 1. The molecule has 106 valence electrons. The fourth-order valence-electron chi connectivity index (χ4n) is 1.75. The highest BCUT2D eigenvalue weighted by molar-refractivity contribution is 5.65. The molecule has 2 aromatic rings. The molecule has 0 spiro atoms. The van der Waals surface area contributed by atoms with Crippen LogP contribution in [-0.2, 0) is 0 Å². The molecule has 1 heterocycles. The molecule has 0 saturated carbocycles. The summed E-state index contributed by atoms with van der Waals surface area (Å²) in [5.41, 5.74) is 0.878. The lowest BCUT2D eigenvalue weighted by molar-refractivity contribution is 0.417. The van der Waals surface area contributed by atoms with Crippen LogP contribution in [0.1, 0.15) is 20.3 Å². The van der Waals surface area contributed by atoms with Gasteiger partial charge in [-0.1, -0.05) is 19.1 Å². The third-order valence-corrected chi connectivity index (χ3v) is 3.04. The fraction of sp³-hybridized carbons (Fsp3) is 0.333. The molecule has 0 bridgehead atoms. The van der Waals surface area contributed by atoms with Crippen molar-refractivity contribution in [3.63, 3.8) is 0 Å². The Morgan fingerprint density at radius 1 is 1.20 bits per heavy atom. The topological polar surface area (TPSA) is 59.1 Å². The second-order valence-electron chi connectivity index (χ2n) is 4.57. The Morgan fingerprint density at radius 2 is 1.95 bits per heavy atom. The normalized spacial score (nSPS) is 11.8. The molecule has 1 atom stereocenters. The van der Waals surface area contributed by atoms with Crippen LogP contribution in [0.3, 0.4) is 0 Å². The zero-order valence-electron chi connectivity index (χ0n) is 12.1. The highest BCUT2D eigenvalue weighted by atomic mass is 16.5. The number of ether oxygens (including phenoxy) is 1. The Morgan fingerprint density at radius 3 is 2.70 bits per heavy atom. The average Bonchev–Trinajstić information content (AvgIpc) is 2.48. The highest BCUT2D eigenvalue weighted by Gasteiger charge is 2.05. The molecule has 0 aliphatic heterocycles. The van der Waals surface area contributed by atoms with Crippen LogP contribution in [0.4, 0.5) is 17.3 Å². The van der Waals surface area contributed by atoms with Gasteiger partial charge in [0.2, 0.25) is 0 Å². The molecule has 0 aliphatic carbocycles. The summed E-state index contributed by atoms with van der Waals surface area (Å²) in [4.78, 5) is 8.44. The van der Waals surface area contributed by atoms with Gasteiger partial charge in [-0.2, -0.15) is 0 Å². The summed E-state index contributed by atoms with van der Waals surface area (Å²) in [5, 5.41) is 6.56. The van der Waals surface area contributed by atoms with E-state index in [1.54, 1.807) is 13.4 Å². The maximum atomic E-state index is 5.31. The van der Waals surface area contributed by atoms with E-state index in [-0.39, 0.29) is 0 Å². The fourth-order valence-corrected chi connectivity index (χ4v) is 1.75. The van der Waals surface area contributed by atoms with Crippen molar-refractivity contribution >= 4 is 17.3 Å². The molecule has 20 heavy (non-hydrogen) atoms. The quantitative estimate of drug-likeness (QED) is 0.843. The van der Waals surface area contributed by atoms with E-state index in [1.807, 2.05) is 30.3 Å². The Hall–Kier alpha value is -2.30. The second-order valence-corrected chi connectivity index (χ2v) is 4.57. The molecule has 1 unspecified atom stereocenters. The Balaban J connectivity index is 2.15. The van der Waals surface area contributed by atoms with E-state index >= 15 is 0 Å². The maximum Gasteiger partial charge on any atom is 0.142 e. The Labute approximate surface area is 119 Å². The van der Waals surface area contributed by atoms with E-state index < -0.39 is 0 Å². The minimum atomic E-state index is 0.379. The van der Waals surface area contributed by atoms with Crippen molar-refractivity contribution in [3.05, 3.63) is 36.7 Å². The van der Waals surface area contributed by atoms with Gasteiger partial charge in [0, 0.05) is 12.1 Å². The molecule has 2 rings (SSSR count). The van der Waals surface area contributed by atoms with E-state index in [4.69, 9.17) is 4.74 Å². The molecular formula is C15H20N4O. The van der Waals surface area contributed by atoms with Crippen LogP contribution in [0.15, 0.2) is 36.7 Å². The van der Waals surface area contributed by atoms with Gasteiger partial charge in [0.1, 0.15) is 23.7 Å². The number of rotatable bonds is 6. The minimum absolute atomic E-state index is 0.379. The van der Waals surface area contributed by atoms with Gasteiger partial charge in [-0.3, -0.25) is 0 Å². The van der Waals surface area contributed by atoms with Gasteiger partial charge in [-0.05, 0) is 25.5 Å². The summed E-state index contributed by atoms with van der Waals surface area (Å²) >= 11 is 0. The lowest BCUT2D eigenvalue weighted by Gasteiger charge is -2.13. The van der Waals surface area contributed by atoms with Crippen molar-refractivity contribution in [2.24, 2.45) is 0 Å². The van der Waals surface area contributed by atoms with Crippen molar-refractivity contribution in [3.8, 4) is 5.75 Å². The predicted octanol–water partition coefficient (Wildman–Crippen LogP) is 3.44. The van der Waals surface area contributed by atoms with Gasteiger partial charge in [0.15, 0.2) is 0 Å². The molecule has 1 aromatic heterocycles. The number of hydrogen-bond acceptors (Lipinski definition) is 5. The molecule has 0 aliphatic rings. The van der Waals surface area contributed by atoms with Gasteiger partial charge >= 0.3 is 0 Å². The molecule has 0 saturated heterocycles. The zero-order chi connectivity index (χ0) is 14.4. The maximum absolute atomic E-state index is 5.31. The van der Waals surface area contributed by atoms with E-state index in [0.717, 1.165) is 29.5 Å². The molecule has 0 amide bonds. The first-order chi connectivity index (χ1) is 9.72. The third kappa shape index (κ3) is 3.60. The molecule has 5 nitrogen and oxygen atoms in total. The lowest BCUT2D eigenvalue weighted by Crippen LogP contribution is -2.14. The number of nitrogens with zero attached hydrogens (tertiary/aromatic N) is 2. The van der Waals surface area contributed by atoms with E-state index in [2.05, 4.69) is 34.4 Å². The zero-order valence-corrected chi connectivity index (χ0v) is 12.1. The minimum Gasteiger partial charge on any atom is -0.495 e. The predicted molar refractivity (Wildman–Crippen MR) is 81.7 cm³/mol. The van der Waals surface area contributed by atoms with Gasteiger partial charge in [-0.25, -0.2) is 9.97 Å². The van der Waals surface area contributed by atoms with Crippen LogP contribution in [0, 0.1) is 0 Å². The average molecular weight is 272 g/mol. The Bertz CT molecular complexity index is 559. The Kier molecular flexibility index (Phi) is 4.76. The number of para-hydroxylation sites is 2. The van der Waals surface area contributed by atoms with E-state index in [0.29, 0.717) is 6.04 Å². The van der Waals surface area contributed by atoms with E-state index in [9.17, 15) is 0 Å². The van der Waals surface area contributed by atoms with E-state index in [1.165, 1.54) is 0 Å². The first kappa shape index (κ1) is 14.1. The van der Waals surface area contributed by atoms with Gasteiger partial charge < -0.3 is 15.4 Å². The van der Waals surface area contributed by atoms with Crippen LogP contribution < -0.4 is 15.4 Å². The summed E-state index contributed by atoms with van der Waals surface area (Å²) < 4.78 is 5.31. The second kappa shape index (κ2) is 6.75. The first-order valence-electron chi connectivity index (χ1n) is 6.71. The first-order valence-corrected chi connectivity index (χ1v) is 6.71. The largest absolute Gasteiger partial charge is 0.495 e. The number of benzene rings is 1. The van der Waals surface area contributed by atoms with Crippen molar-refractivity contribution in [2.75, 3.05) is 17.7 Å². The van der Waals surface area contributed by atoms with Crippen LogP contribution in [-0.4, -0.2) is 23.1 Å². The van der Waals surface area contributed by atoms with Gasteiger partial charge in [0.05, 0.1) is 12.8 Å². The highest BCUT2D eigenvalue weighted by Crippen LogP contribution is 2.26. The SMILES string of the molecule is CCC(C)Nc1cc(Nc2ccccc2OC)ncn1. The summed E-state index contributed by atoms with van der Waals surface area (Å²) in [5.74, 6) is 2.32. The smallest absolute Gasteiger partial charge is 0.142 e. The van der Waals surface area contributed by atoms with Crippen molar-refractivity contribution < 1.29 is 4.74 Å². The lowest BCUT2D eigenvalue weighted by atomic mass is 10.2. The van der Waals surface area contributed by atoms with Crippen molar-refractivity contribution in [2.45, 2.75) is 26.3 Å². The number of anilines is 3. The standard InChI is InChI=1S/C15H20N4O/c1-4-11(2)18-14-9-15(17-10-16-14)19-12-7-5-6-8-13(12)20-3/h5-11H,4H2,1-3H3,(H2,16,17,18,19). The van der Waals surface area contributed by atoms with Gasteiger partial charge in [0.25, 0.3) is 0 Å². The van der Waals surface area contributed by atoms with Crippen molar-refractivity contribution in [1.29, 1.82) is 0 Å². The van der Waals surface area contributed by atoms with Crippen LogP contribution in [0.2, 0.25) is 0 Å². The molecule has 1 aromatic carbocycles. The van der Waals surface area contributed by atoms with Crippen LogP contribution in [0.25, 0.3) is 0 Å². The monoisotopic (exact) mass is 272 g/mol. The summed E-state index contributed by atoms with van der Waals surface area (Å²) in [6.45, 7) is 4.25. The molecular weight excluding hydrogens is 252 g/mol. The van der Waals surface area contributed by atoms with Crippen molar-refractivity contribution in [1.82, 2.24) is 9.97 Å². The molecule has 5 heteroatoms. The number of aromatic nitrogens is 2. The number of nitrogens with one attached hydrogen (secondary N) is 2. The summed E-state index contributed by atoms with van der Waals surface area (Å²) in [6, 6.07) is 10.00. The summed E-state index contributed by atoms with van der Waals surface area (Å²) in [7, 11) is 1.65.